The minimum absolute atomic E-state index is 0.126. The standard InChI is InChI=1S/C28H28O5/c29-26(30)19-11-10-18-25-24(27(31)33-25)20-32-28(21-12-4-1-5-13-21,22-14-6-2-7-15-22)23-16-8-3-9-17-23/h1-9,12-17,24-25H,10-11,18-20H2,(H,29,30). The number of hydrogen-bond donors (Lipinski definition) is 1. The Morgan fingerprint density at radius 1 is 0.818 bits per heavy atom. The summed E-state index contributed by atoms with van der Waals surface area (Å²) in [4.78, 5) is 23.1. The molecule has 5 heteroatoms. The van der Waals surface area contributed by atoms with Gasteiger partial charge in [-0.2, -0.15) is 0 Å². The molecule has 0 saturated carbocycles. The van der Waals surface area contributed by atoms with Gasteiger partial charge in [-0.15, -0.1) is 0 Å². The number of hydrogen-bond acceptors (Lipinski definition) is 4. The summed E-state index contributed by atoms with van der Waals surface area (Å²) < 4.78 is 12.1. The molecule has 2 unspecified atom stereocenters. The average Bonchev–Trinajstić information content (AvgIpc) is 2.85. The normalized spacial score (nSPS) is 17.8. The van der Waals surface area contributed by atoms with Crippen LogP contribution in [-0.4, -0.2) is 29.8 Å². The number of carboxylic acid groups (broad SMARTS) is 1. The molecule has 1 heterocycles. The maximum atomic E-state index is 12.3. The van der Waals surface area contributed by atoms with Crippen LogP contribution in [0.5, 0.6) is 0 Å². The van der Waals surface area contributed by atoms with Gasteiger partial charge in [-0.1, -0.05) is 91.0 Å². The SMILES string of the molecule is O=C(O)CCCCC1OC(=O)C1COC(c1ccccc1)(c1ccccc1)c1ccccc1. The molecule has 0 bridgehead atoms. The van der Waals surface area contributed by atoms with E-state index < -0.39 is 11.6 Å². The van der Waals surface area contributed by atoms with Crippen molar-refractivity contribution in [2.75, 3.05) is 6.61 Å². The second-order valence-electron chi connectivity index (χ2n) is 8.31. The predicted octanol–water partition coefficient (Wildman–Crippen LogP) is 5.18. The van der Waals surface area contributed by atoms with E-state index >= 15 is 0 Å². The predicted molar refractivity (Wildman–Crippen MR) is 125 cm³/mol. The summed E-state index contributed by atoms with van der Waals surface area (Å²) in [5.74, 6) is -1.44. The Hall–Kier alpha value is -3.44. The van der Waals surface area contributed by atoms with Gasteiger partial charge in [0.1, 0.15) is 17.6 Å². The zero-order chi connectivity index (χ0) is 23.1. The summed E-state index contributed by atoms with van der Waals surface area (Å²) in [5, 5.41) is 8.84. The van der Waals surface area contributed by atoms with E-state index in [1.807, 2.05) is 91.0 Å². The van der Waals surface area contributed by atoms with E-state index in [-0.39, 0.29) is 31.0 Å². The topological polar surface area (TPSA) is 72.8 Å². The van der Waals surface area contributed by atoms with Crippen molar-refractivity contribution >= 4 is 11.9 Å². The molecule has 1 saturated heterocycles. The number of carboxylic acids is 1. The van der Waals surface area contributed by atoms with Crippen LogP contribution in [-0.2, 0) is 24.7 Å². The summed E-state index contributed by atoms with van der Waals surface area (Å²) in [6.45, 7) is 0.209. The minimum atomic E-state index is -0.881. The number of unbranched alkanes of at least 4 members (excludes halogenated alkanes) is 1. The molecule has 0 aliphatic carbocycles. The number of carbonyl (C=O) groups is 2. The van der Waals surface area contributed by atoms with E-state index in [4.69, 9.17) is 14.6 Å². The smallest absolute Gasteiger partial charge is 0.315 e. The van der Waals surface area contributed by atoms with Crippen LogP contribution in [0.1, 0.15) is 42.4 Å². The zero-order valence-corrected chi connectivity index (χ0v) is 18.4. The fourth-order valence-corrected chi connectivity index (χ4v) is 4.44. The van der Waals surface area contributed by atoms with E-state index in [0.717, 1.165) is 16.7 Å². The van der Waals surface area contributed by atoms with Crippen LogP contribution in [0.3, 0.4) is 0 Å². The minimum Gasteiger partial charge on any atom is -0.481 e. The van der Waals surface area contributed by atoms with Crippen molar-refractivity contribution < 1.29 is 24.2 Å². The van der Waals surface area contributed by atoms with Crippen LogP contribution in [0.15, 0.2) is 91.0 Å². The molecule has 33 heavy (non-hydrogen) atoms. The number of carbonyl (C=O) groups excluding carboxylic acids is 1. The largest absolute Gasteiger partial charge is 0.481 e. The highest BCUT2D eigenvalue weighted by Gasteiger charge is 2.45. The van der Waals surface area contributed by atoms with E-state index in [1.54, 1.807) is 0 Å². The second kappa shape index (κ2) is 10.5. The number of ether oxygens (including phenoxy) is 2. The maximum Gasteiger partial charge on any atom is 0.315 e. The third-order valence-corrected chi connectivity index (χ3v) is 6.17. The van der Waals surface area contributed by atoms with Crippen molar-refractivity contribution in [3.63, 3.8) is 0 Å². The van der Waals surface area contributed by atoms with Gasteiger partial charge in [0.2, 0.25) is 0 Å². The molecule has 0 amide bonds. The molecule has 1 aliphatic heterocycles. The molecule has 1 aliphatic rings. The zero-order valence-electron chi connectivity index (χ0n) is 18.4. The van der Waals surface area contributed by atoms with Crippen molar-refractivity contribution in [3.8, 4) is 0 Å². The highest BCUT2D eigenvalue weighted by atomic mass is 16.6. The van der Waals surface area contributed by atoms with Crippen LogP contribution >= 0.6 is 0 Å². The number of rotatable bonds is 11. The van der Waals surface area contributed by atoms with Gasteiger partial charge < -0.3 is 14.6 Å². The number of benzene rings is 3. The number of esters is 1. The molecule has 0 aromatic heterocycles. The lowest BCUT2D eigenvalue weighted by Crippen LogP contribution is -2.49. The monoisotopic (exact) mass is 444 g/mol. The summed E-state index contributed by atoms with van der Waals surface area (Å²) in [6, 6.07) is 30.1. The number of aliphatic carboxylic acids is 1. The van der Waals surface area contributed by atoms with Crippen molar-refractivity contribution in [1.29, 1.82) is 0 Å². The highest BCUT2D eigenvalue weighted by molar-refractivity contribution is 5.78. The van der Waals surface area contributed by atoms with Gasteiger partial charge in [0.15, 0.2) is 0 Å². The van der Waals surface area contributed by atoms with Gasteiger partial charge in [-0.25, -0.2) is 0 Å². The van der Waals surface area contributed by atoms with Crippen molar-refractivity contribution in [3.05, 3.63) is 108 Å². The van der Waals surface area contributed by atoms with E-state index in [0.29, 0.717) is 19.3 Å². The highest BCUT2D eigenvalue weighted by Crippen LogP contribution is 2.42. The van der Waals surface area contributed by atoms with Crippen LogP contribution in [0.2, 0.25) is 0 Å². The first-order valence-electron chi connectivity index (χ1n) is 11.3. The second-order valence-corrected chi connectivity index (χ2v) is 8.31. The molecule has 0 spiro atoms. The third kappa shape index (κ3) is 4.99. The van der Waals surface area contributed by atoms with Crippen LogP contribution in [0.25, 0.3) is 0 Å². The lowest BCUT2D eigenvalue weighted by molar-refractivity contribution is -0.194. The molecule has 5 nitrogen and oxygen atoms in total. The molecule has 1 fully saturated rings. The Bertz CT molecular complexity index is 953. The Morgan fingerprint density at radius 2 is 1.30 bits per heavy atom. The average molecular weight is 445 g/mol. The van der Waals surface area contributed by atoms with Gasteiger partial charge in [-0.3, -0.25) is 9.59 Å². The quantitative estimate of drug-likeness (QED) is 0.251. The molecule has 170 valence electrons. The Balaban J connectivity index is 1.62. The Morgan fingerprint density at radius 3 is 1.73 bits per heavy atom. The van der Waals surface area contributed by atoms with Crippen LogP contribution in [0, 0.1) is 5.92 Å². The third-order valence-electron chi connectivity index (χ3n) is 6.17. The van der Waals surface area contributed by atoms with Crippen LogP contribution < -0.4 is 0 Å². The summed E-state index contributed by atoms with van der Waals surface area (Å²) in [6.07, 6.45) is 1.79. The summed E-state index contributed by atoms with van der Waals surface area (Å²) in [7, 11) is 0. The molecular weight excluding hydrogens is 416 g/mol. The summed E-state index contributed by atoms with van der Waals surface area (Å²) in [5.41, 5.74) is 2.06. The molecule has 3 aromatic rings. The molecule has 3 aromatic carbocycles. The van der Waals surface area contributed by atoms with Crippen molar-refractivity contribution in [2.45, 2.75) is 37.4 Å². The lowest BCUT2D eigenvalue weighted by Gasteiger charge is -2.40. The lowest BCUT2D eigenvalue weighted by atomic mass is 9.79. The summed E-state index contributed by atoms with van der Waals surface area (Å²) >= 11 is 0. The van der Waals surface area contributed by atoms with Gasteiger partial charge in [0.25, 0.3) is 0 Å². The molecule has 0 radical (unpaired) electrons. The van der Waals surface area contributed by atoms with Gasteiger partial charge in [0, 0.05) is 6.42 Å². The van der Waals surface area contributed by atoms with Crippen molar-refractivity contribution in [2.24, 2.45) is 5.92 Å². The first-order chi connectivity index (χ1) is 16.1. The molecular formula is C28H28O5. The van der Waals surface area contributed by atoms with E-state index in [1.165, 1.54) is 0 Å². The van der Waals surface area contributed by atoms with E-state index in [2.05, 4.69) is 0 Å². The molecule has 1 N–H and O–H groups in total. The molecule has 4 rings (SSSR count). The Kier molecular flexibility index (Phi) is 7.20. The first kappa shape index (κ1) is 22.7. The van der Waals surface area contributed by atoms with Crippen LogP contribution in [0.4, 0.5) is 0 Å². The van der Waals surface area contributed by atoms with Gasteiger partial charge in [0.05, 0.1) is 6.61 Å². The number of cyclic esters (lactones) is 1. The first-order valence-corrected chi connectivity index (χ1v) is 11.3. The Labute approximate surface area is 194 Å². The maximum absolute atomic E-state index is 12.3. The van der Waals surface area contributed by atoms with Crippen molar-refractivity contribution in [1.82, 2.24) is 0 Å². The fourth-order valence-electron chi connectivity index (χ4n) is 4.44. The van der Waals surface area contributed by atoms with Gasteiger partial charge in [-0.05, 0) is 36.0 Å². The van der Waals surface area contributed by atoms with E-state index in [9.17, 15) is 9.59 Å². The van der Waals surface area contributed by atoms with Gasteiger partial charge >= 0.3 is 11.9 Å². The molecule has 2 atom stereocenters. The fraction of sp³-hybridized carbons (Fsp3) is 0.286.